The first kappa shape index (κ1) is 17.7. The second kappa shape index (κ2) is 7.01. The van der Waals surface area contributed by atoms with E-state index in [4.69, 9.17) is 5.11 Å². The average Bonchev–Trinajstić information content (AvgIpc) is 2.61. The summed E-state index contributed by atoms with van der Waals surface area (Å²) in [6.07, 6.45) is 1.09. The lowest BCUT2D eigenvalue weighted by Gasteiger charge is -2.34. The SMILES string of the molecule is O=C(O)c1cn2c(c(O)c1=O)C(=O)N(CCCc1ccccc1)C(O)C2. The van der Waals surface area contributed by atoms with E-state index in [2.05, 4.69) is 0 Å². The zero-order valence-corrected chi connectivity index (χ0v) is 13.8. The Bertz CT molecular complexity index is 906. The van der Waals surface area contributed by atoms with E-state index in [-0.39, 0.29) is 18.8 Å². The van der Waals surface area contributed by atoms with Gasteiger partial charge >= 0.3 is 5.97 Å². The number of carboxylic acid groups (broad SMARTS) is 1. The number of carbonyl (C=O) groups is 2. The summed E-state index contributed by atoms with van der Waals surface area (Å²) in [5.41, 5.74) is -0.969. The van der Waals surface area contributed by atoms with Gasteiger partial charge in [0.25, 0.3) is 5.91 Å². The Hall–Kier alpha value is -3.13. The van der Waals surface area contributed by atoms with Crippen LogP contribution in [-0.4, -0.2) is 49.4 Å². The van der Waals surface area contributed by atoms with Crippen molar-refractivity contribution in [3.63, 3.8) is 0 Å². The summed E-state index contributed by atoms with van der Waals surface area (Å²) in [7, 11) is 0. The van der Waals surface area contributed by atoms with Gasteiger partial charge in [0, 0.05) is 12.7 Å². The lowest BCUT2D eigenvalue weighted by Crippen LogP contribution is -2.49. The van der Waals surface area contributed by atoms with Gasteiger partial charge in [0.2, 0.25) is 5.43 Å². The highest BCUT2D eigenvalue weighted by atomic mass is 16.4. The number of benzene rings is 1. The van der Waals surface area contributed by atoms with Crippen LogP contribution >= 0.6 is 0 Å². The lowest BCUT2D eigenvalue weighted by atomic mass is 10.1. The van der Waals surface area contributed by atoms with Crippen molar-refractivity contribution in [2.24, 2.45) is 0 Å². The molecule has 0 radical (unpaired) electrons. The van der Waals surface area contributed by atoms with Gasteiger partial charge in [0.15, 0.2) is 11.4 Å². The van der Waals surface area contributed by atoms with Crippen LogP contribution in [0.5, 0.6) is 5.75 Å². The second-order valence-corrected chi connectivity index (χ2v) is 6.09. The van der Waals surface area contributed by atoms with E-state index in [0.29, 0.717) is 12.8 Å². The molecule has 2 heterocycles. The fraction of sp³-hybridized carbons (Fsp3) is 0.278. The molecule has 0 fully saturated rings. The number of aromatic hydroxyl groups is 1. The standard InChI is InChI=1S/C18H18N2O6/c21-13-10-19-9-12(18(25)26)15(22)16(23)14(19)17(24)20(13)8-4-7-11-5-2-1-3-6-11/h1-3,5-6,9,13,21,23H,4,7-8,10H2,(H,25,26). The fourth-order valence-electron chi connectivity index (χ4n) is 3.07. The van der Waals surface area contributed by atoms with E-state index in [0.717, 1.165) is 16.3 Å². The number of carboxylic acids is 1. The van der Waals surface area contributed by atoms with Crippen LogP contribution in [-0.2, 0) is 13.0 Å². The molecular weight excluding hydrogens is 340 g/mol. The third-order valence-electron chi connectivity index (χ3n) is 4.38. The minimum Gasteiger partial charge on any atom is -0.503 e. The number of hydrogen-bond donors (Lipinski definition) is 3. The highest BCUT2D eigenvalue weighted by Crippen LogP contribution is 2.23. The highest BCUT2D eigenvalue weighted by molar-refractivity contribution is 5.97. The highest BCUT2D eigenvalue weighted by Gasteiger charge is 2.35. The van der Waals surface area contributed by atoms with Crippen LogP contribution in [0.25, 0.3) is 0 Å². The quantitative estimate of drug-likeness (QED) is 0.722. The van der Waals surface area contributed by atoms with E-state index in [1.807, 2.05) is 30.3 Å². The Balaban J connectivity index is 1.82. The molecule has 8 nitrogen and oxygen atoms in total. The normalized spacial score (nSPS) is 16.4. The van der Waals surface area contributed by atoms with Gasteiger partial charge in [-0.1, -0.05) is 30.3 Å². The number of amides is 1. The Kier molecular flexibility index (Phi) is 4.77. The van der Waals surface area contributed by atoms with Gasteiger partial charge in [0.1, 0.15) is 11.8 Å². The third-order valence-corrected chi connectivity index (χ3v) is 4.38. The number of fused-ring (bicyclic) bond motifs is 1. The Morgan fingerprint density at radius 2 is 1.88 bits per heavy atom. The Labute approximate surface area is 148 Å². The topological polar surface area (TPSA) is 120 Å². The monoisotopic (exact) mass is 358 g/mol. The number of nitrogens with zero attached hydrogens (tertiary/aromatic N) is 2. The van der Waals surface area contributed by atoms with E-state index < -0.39 is 34.8 Å². The maximum absolute atomic E-state index is 12.6. The molecule has 1 aromatic carbocycles. The van der Waals surface area contributed by atoms with Gasteiger partial charge in [-0.2, -0.15) is 0 Å². The molecule has 2 aromatic rings. The van der Waals surface area contributed by atoms with Crippen molar-refractivity contribution in [1.82, 2.24) is 9.47 Å². The lowest BCUT2D eigenvalue weighted by molar-refractivity contribution is -0.0127. The van der Waals surface area contributed by atoms with E-state index in [1.54, 1.807) is 0 Å². The molecule has 1 amide bonds. The van der Waals surface area contributed by atoms with Crippen LogP contribution in [0.3, 0.4) is 0 Å². The van der Waals surface area contributed by atoms with Crippen LogP contribution in [0.4, 0.5) is 0 Å². The first-order valence-electron chi connectivity index (χ1n) is 8.13. The molecular formula is C18H18N2O6. The van der Waals surface area contributed by atoms with Crippen molar-refractivity contribution >= 4 is 11.9 Å². The molecule has 0 saturated carbocycles. The van der Waals surface area contributed by atoms with Crippen LogP contribution in [0, 0.1) is 0 Å². The van der Waals surface area contributed by atoms with Crippen LogP contribution < -0.4 is 5.43 Å². The van der Waals surface area contributed by atoms with Gasteiger partial charge in [-0.15, -0.1) is 0 Å². The number of aliphatic hydroxyl groups excluding tert-OH is 1. The zero-order valence-electron chi connectivity index (χ0n) is 13.8. The molecule has 0 bridgehead atoms. The average molecular weight is 358 g/mol. The van der Waals surface area contributed by atoms with Crippen molar-refractivity contribution in [1.29, 1.82) is 0 Å². The van der Waals surface area contributed by atoms with E-state index in [9.17, 15) is 24.6 Å². The van der Waals surface area contributed by atoms with Gasteiger partial charge in [0.05, 0.1) is 6.54 Å². The van der Waals surface area contributed by atoms with Gasteiger partial charge in [-0.3, -0.25) is 9.59 Å². The predicted molar refractivity (Wildman–Crippen MR) is 91.1 cm³/mol. The smallest absolute Gasteiger partial charge is 0.341 e. The summed E-state index contributed by atoms with van der Waals surface area (Å²) < 4.78 is 1.11. The maximum atomic E-state index is 12.6. The predicted octanol–water partition coefficient (Wildman–Crippen LogP) is 0.659. The maximum Gasteiger partial charge on any atom is 0.341 e. The van der Waals surface area contributed by atoms with Gasteiger partial charge in [-0.05, 0) is 18.4 Å². The van der Waals surface area contributed by atoms with Crippen molar-refractivity contribution < 1.29 is 24.9 Å². The number of hydrogen-bond acceptors (Lipinski definition) is 5. The van der Waals surface area contributed by atoms with Crippen molar-refractivity contribution in [2.75, 3.05) is 6.54 Å². The van der Waals surface area contributed by atoms with Crippen LogP contribution in [0.15, 0.2) is 41.3 Å². The summed E-state index contributed by atoms with van der Waals surface area (Å²) in [6, 6.07) is 9.66. The molecule has 1 aliphatic heterocycles. The van der Waals surface area contributed by atoms with Crippen molar-refractivity contribution in [2.45, 2.75) is 25.6 Å². The summed E-state index contributed by atoms with van der Waals surface area (Å²) in [6.45, 7) is 0.115. The zero-order chi connectivity index (χ0) is 18.8. The largest absolute Gasteiger partial charge is 0.503 e. The van der Waals surface area contributed by atoms with E-state index in [1.165, 1.54) is 4.90 Å². The second-order valence-electron chi connectivity index (χ2n) is 6.09. The number of aromatic carboxylic acids is 1. The van der Waals surface area contributed by atoms with Crippen molar-refractivity contribution in [3.05, 3.63) is 63.6 Å². The Morgan fingerprint density at radius 1 is 1.19 bits per heavy atom. The van der Waals surface area contributed by atoms with Gasteiger partial charge < -0.3 is 24.8 Å². The molecule has 3 N–H and O–H groups in total. The van der Waals surface area contributed by atoms with Gasteiger partial charge in [-0.25, -0.2) is 4.79 Å². The van der Waals surface area contributed by atoms with Crippen LogP contribution in [0.2, 0.25) is 0 Å². The summed E-state index contributed by atoms with van der Waals surface area (Å²) in [5, 5.41) is 29.3. The minimum atomic E-state index is -1.51. The number of pyridine rings is 1. The molecule has 3 rings (SSSR count). The summed E-state index contributed by atoms with van der Waals surface area (Å²) in [4.78, 5) is 36.8. The molecule has 136 valence electrons. The third kappa shape index (κ3) is 3.18. The first-order chi connectivity index (χ1) is 12.4. The number of aliphatic hydroxyl groups is 1. The summed E-state index contributed by atoms with van der Waals surface area (Å²) in [5.74, 6) is -3.12. The number of rotatable bonds is 5. The van der Waals surface area contributed by atoms with Crippen LogP contribution in [0.1, 0.15) is 32.8 Å². The number of aryl methyl sites for hydroxylation is 1. The molecule has 1 aromatic heterocycles. The fourth-order valence-corrected chi connectivity index (χ4v) is 3.07. The molecule has 1 atom stereocenters. The molecule has 1 unspecified atom stereocenters. The minimum absolute atomic E-state index is 0.124. The number of carbonyl (C=O) groups excluding carboxylic acids is 1. The summed E-state index contributed by atoms with van der Waals surface area (Å²) >= 11 is 0. The number of aromatic nitrogens is 1. The molecule has 0 aliphatic carbocycles. The first-order valence-corrected chi connectivity index (χ1v) is 8.13. The Morgan fingerprint density at radius 3 is 2.54 bits per heavy atom. The molecule has 0 saturated heterocycles. The van der Waals surface area contributed by atoms with E-state index >= 15 is 0 Å². The molecule has 0 spiro atoms. The van der Waals surface area contributed by atoms with Crippen molar-refractivity contribution in [3.8, 4) is 5.75 Å². The molecule has 26 heavy (non-hydrogen) atoms. The molecule has 8 heteroatoms. The molecule has 1 aliphatic rings.